The van der Waals surface area contributed by atoms with Crippen molar-refractivity contribution in [3.05, 3.63) is 35.9 Å². The lowest BCUT2D eigenvalue weighted by Gasteiger charge is -2.33. The Balaban J connectivity index is 3.28. The molecule has 1 amide bonds. The van der Waals surface area contributed by atoms with E-state index >= 15 is 0 Å². The zero-order valence-electron chi connectivity index (χ0n) is 12.2. The second-order valence-electron chi connectivity index (χ2n) is 4.47. The molecule has 0 spiro atoms. The molecule has 22 heavy (non-hydrogen) atoms. The number of esters is 1. The molecule has 0 aliphatic rings. The van der Waals surface area contributed by atoms with Crippen molar-refractivity contribution in [2.45, 2.75) is 24.7 Å². The molecule has 0 aromatic heterocycles. The Kier molecular flexibility index (Phi) is 5.54. The van der Waals surface area contributed by atoms with Crippen LogP contribution < -0.4 is 5.32 Å². The van der Waals surface area contributed by atoms with Crippen molar-refractivity contribution in [3.8, 4) is 0 Å². The topological polar surface area (TPSA) is 64.6 Å². The Bertz CT molecular complexity index is 533. The van der Waals surface area contributed by atoms with Crippen LogP contribution in [-0.4, -0.2) is 38.3 Å². The fraction of sp³-hybridized carbons (Fsp3) is 0.429. The summed E-state index contributed by atoms with van der Waals surface area (Å²) in [6, 6.07) is 5.21. The van der Waals surface area contributed by atoms with E-state index in [1.807, 2.05) is 5.32 Å². The van der Waals surface area contributed by atoms with Gasteiger partial charge >= 0.3 is 12.1 Å². The lowest BCUT2D eigenvalue weighted by Crippen LogP contribution is -2.58. The summed E-state index contributed by atoms with van der Waals surface area (Å²) >= 11 is 0. The predicted octanol–water partition coefficient (Wildman–Crippen LogP) is 1.77. The van der Waals surface area contributed by atoms with Gasteiger partial charge in [0.1, 0.15) is 6.04 Å². The lowest BCUT2D eigenvalue weighted by molar-refractivity contribution is -0.266. The highest BCUT2D eigenvalue weighted by molar-refractivity contribution is 5.91. The summed E-state index contributed by atoms with van der Waals surface area (Å²) in [4.78, 5) is 23.5. The quantitative estimate of drug-likeness (QED) is 0.840. The fourth-order valence-corrected chi connectivity index (χ4v) is 1.96. The number of halogens is 3. The van der Waals surface area contributed by atoms with Gasteiger partial charge in [0.15, 0.2) is 0 Å². The van der Waals surface area contributed by atoms with E-state index in [0.29, 0.717) is 0 Å². The van der Waals surface area contributed by atoms with Crippen LogP contribution in [0.25, 0.3) is 0 Å². The molecule has 2 atom stereocenters. The lowest BCUT2D eigenvalue weighted by atomic mass is 9.91. The molecule has 1 aromatic rings. The number of hydrogen-bond donors (Lipinski definition) is 1. The van der Waals surface area contributed by atoms with Gasteiger partial charge in [-0.05, 0) is 6.92 Å². The summed E-state index contributed by atoms with van der Waals surface area (Å²) in [5.41, 5.74) is -3.60. The van der Waals surface area contributed by atoms with Gasteiger partial charge in [0.25, 0.3) is 11.5 Å². The van der Waals surface area contributed by atoms with E-state index in [9.17, 15) is 22.8 Å². The summed E-state index contributed by atoms with van der Waals surface area (Å²) in [5.74, 6) is -2.36. The maximum absolute atomic E-state index is 13.5. The molecule has 0 aliphatic heterocycles. The van der Waals surface area contributed by atoms with Crippen LogP contribution in [0.1, 0.15) is 12.5 Å². The van der Waals surface area contributed by atoms with Gasteiger partial charge in [-0.15, -0.1) is 0 Å². The number of benzene rings is 1. The standard InChI is InChI=1S/C14H16F3NO4/c1-9(11(19)21-2)18-12(20)13(22-3,14(15,16)17)10-7-5-4-6-8-10/h4-9H,1-3H3,(H,18,20)/t9-,13-/m0/s1. The van der Waals surface area contributed by atoms with Crippen LogP contribution in [0.2, 0.25) is 0 Å². The highest BCUT2D eigenvalue weighted by Crippen LogP contribution is 2.42. The Hall–Kier alpha value is -2.09. The van der Waals surface area contributed by atoms with Crippen molar-refractivity contribution in [2.24, 2.45) is 0 Å². The van der Waals surface area contributed by atoms with Gasteiger partial charge in [-0.3, -0.25) is 4.79 Å². The number of carbonyl (C=O) groups excluding carboxylic acids is 2. The van der Waals surface area contributed by atoms with E-state index in [4.69, 9.17) is 0 Å². The third-order valence-electron chi connectivity index (χ3n) is 3.11. The Labute approximate surface area is 125 Å². The third-order valence-corrected chi connectivity index (χ3v) is 3.11. The largest absolute Gasteiger partial charge is 0.467 e. The number of carbonyl (C=O) groups is 2. The van der Waals surface area contributed by atoms with E-state index in [-0.39, 0.29) is 5.56 Å². The van der Waals surface area contributed by atoms with Gasteiger partial charge in [0, 0.05) is 12.7 Å². The minimum atomic E-state index is -5.02. The van der Waals surface area contributed by atoms with Crippen molar-refractivity contribution in [3.63, 3.8) is 0 Å². The molecule has 1 rings (SSSR count). The maximum atomic E-state index is 13.5. The molecule has 122 valence electrons. The number of ether oxygens (including phenoxy) is 2. The van der Waals surface area contributed by atoms with Crippen LogP contribution in [0.4, 0.5) is 13.2 Å². The summed E-state index contributed by atoms with van der Waals surface area (Å²) in [6.07, 6.45) is -5.02. The van der Waals surface area contributed by atoms with Gasteiger partial charge in [0.05, 0.1) is 7.11 Å². The van der Waals surface area contributed by atoms with Crippen molar-refractivity contribution < 1.29 is 32.2 Å². The van der Waals surface area contributed by atoms with Gasteiger partial charge in [0.2, 0.25) is 0 Å². The monoisotopic (exact) mass is 319 g/mol. The molecule has 1 aromatic carbocycles. The molecule has 0 saturated carbocycles. The van der Waals surface area contributed by atoms with E-state index in [0.717, 1.165) is 26.4 Å². The average molecular weight is 319 g/mol. The van der Waals surface area contributed by atoms with E-state index in [1.54, 1.807) is 0 Å². The zero-order valence-corrected chi connectivity index (χ0v) is 12.2. The maximum Gasteiger partial charge on any atom is 0.430 e. The van der Waals surface area contributed by atoms with Gasteiger partial charge in [-0.2, -0.15) is 13.2 Å². The van der Waals surface area contributed by atoms with E-state index in [2.05, 4.69) is 9.47 Å². The van der Waals surface area contributed by atoms with Crippen LogP contribution in [-0.2, 0) is 24.7 Å². The first kappa shape index (κ1) is 18.0. The first-order valence-corrected chi connectivity index (χ1v) is 6.27. The Morgan fingerprint density at radius 2 is 1.68 bits per heavy atom. The molecule has 0 unspecified atom stereocenters. The number of hydrogen-bond acceptors (Lipinski definition) is 4. The molecule has 0 aliphatic carbocycles. The molecule has 0 heterocycles. The number of methoxy groups -OCH3 is 2. The molecular weight excluding hydrogens is 303 g/mol. The van der Waals surface area contributed by atoms with E-state index < -0.39 is 29.7 Å². The van der Waals surface area contributed by atoms with Crippen molar-refractivity contribution in [1.29, 1.82) is 0 Å². The normalized spacial score (nSPS) is 15.5. The van der Waals surface area contributed by atoms with Gasteiger partial charge < -0.3 is 14.8 Å². The van der Waals surface area contributed by atoms with Gasteiger partial charge in [-0.25, -0.2) is 4.79 Å². The average Bonchev–Trinajstić information content (AvgIpc) is 2.47. The SMILES string of the molecule is COC(=O)[C@H](C)NC(=O)[C@@](OC)(c1ccccc1)C(F)(F)F. The molecule has 1 N–H and O–H groups in total. The van der Waals surface area contributed by atoms with Crippen LogP contribution in [0.3, 0.4) is 0 Å². The summed E-state index contributed by atoms with van der Waals surface area (Å²) in [6.45, 7) is 1.21. The minimum absolute atomic E-state index is 0.389. The number of nitrogens with one attached hydrogen (secondary N) is 1. The highest BCUT2D eigenvalue weighted by atomic mass is 19.4. The highest BCUT2D eigenvalue weighted by Gasteiger charge is 2.62. The number of amides is 1. The van der Waals surface area contributed by atoms with Crippen LogP contribution in [0.5, 0.6) is 0 Å². The first-order valence-electron chi connectivity index (χ1n) is 6.27. The molecular formula is C14H16F3NO4. The van der Waals surface area contributed by atoms with Crippen LogP contribution in [0, 0.1) is 0 Å². The van der Waals surface area contributed by atoms with E-state index in [1.165, 1.54) is 25.1 Å². The minimum Gasteiger partial charge on any atom is -0.467 e. The smallest absolute Gasteiger partial charge is 0.430 e. The zero-order chi connectivity index (χ0) is 17.0. The van der Waals surface area contributed by atoms with Gasteiger partial charge in [-0.1, -0.05) is 30.3 Å². The summed E-state index contributed by atoms with van der Waals surface area (Å²) < 4.78 is 49.6. The summed E-state index contributed by atoms with van der Waals surface area (Å²) in [5, 5.41) is 1.97. The summed E-state index contributed by atoms with van der Waals surface area (Å²) in [7, 11) is 1.85. The molecule has 8 heteroatoms. The second-order valence-corrected chi connectivity index (χ2v) is 4.47. The van der Waals surface area contributed by atoms with Crippen molar-refractivity contribution >= 4 is 11.9 Å². The molecule has 5 nitrogen and oxygen atoms in total. The molecule has 0 fully saturated rings. The fourth-order valence-electron chi connectivity index (χ4n) is 1.96. The molecule has 0 bridgehead atoms. The Morgan fingerprint density at radius 1 is 1.14 bits per heavy atom. The number of rotatable bonds is 5. The van der Waals surface area contributed by atoms with Crippen LogP contribution >= 0.6 is 0 Å². The molecule has 0 radical (unpaired) electrons. The van der Waals surface area contributed by atoms with Crippen LogP contribution in [0.15, 0.2) is 30.3 Å². The molecule has 0 saturated heterocycles. The van der Waals surface area contributed by atoms with Crippen molar-refractivity contribution in [1.82, 2.24) is 5.32 Å². The first-order chi connectivity index (χ1) is 10.2. The third kappa shape index (κ3) is 3.22. The second kappa shape index (κ2) is 6.78. The Morgan fingerprint density at radius 3 is 2.09 bits per heavy atom. The predicted molar refractivity (Wildman–Crippen MR) is 70.8 cm³/mol. The number of alkyl halides is 3. The van der Waals surface area contributed by atoms with Crippen molar-refractivity contribution in [2.75, 3.05) is 14.2 Å².